The largest absolute Gasteiger partial charge is 0.493 e. The number of methoxy groups -OCH3 is 1. The van der Waals surface area contributed by atoms with Crippen LogP contribution in [-0.2, 0) is 4.79 Å². The fraction of sp³-hybridized carbons (Fsp3) is 0.125. The average Bonchev–Trinajstić information content (AvgIpc) is 3.13. The van der Waals surface area contributed by atoms with Crippen molar-refractivity contribution < 1.29 is 28.7 Å². The molecule has 2 amide bonds. The Morgan fingerprint density at radius 1 is 1.06 bits per heavy atom. The lowest BCUT2D eigenvalue weighted by molar-refractivity contribution is -0.385. The zero-order chi connectivity index (χ0) is 24.8. The Hall–Kier alpha value is -4.38. The minimum atomic E-state index is -0.541. The Balaban J connectivity index is 1.35. The highest BCUT2D eigenvalue weighted by Crippen LogP contribution is 2.33. The average molecular weight is 493 g/mol. The lowest BCUT2D eigenvalue weighted by Gasteiger charge is -2.14. The summed E-state index contributed by atoms with van der Waals surface area (Å²) in [5.41, 5.74) is 0.567. The molecule has 178 valence electrons. The monoisotopic (exact) mass is 493 g/mol. The second-order valence-electron chi connectivity index (χ2n) is 7.12. The summed E-state index contributed by atoms with van der Waals surface area (Å²) < 4.78 is 16.5. The number of thioether (sulfide) groups is 1. The van der Waals surface area contributed by atoms with Crippen molar-refractivity contribution in [3.05, 3.63) is 87.4 Å². The summed E-state index contributed by atoms with van der Waals surface area (Å²) in [5, 5.41) is 10.3. The van der Waals surface area contributed by atoms with Crippen molar-refractivity contribution in [3.8, 4) is 23.1 Å². The van der Waals surface area contributed by atoms with Crippen LogP contribution in [0, 0.1) is 10.1 Å². The van der Waals surface area contributed by atoms with Gasteiger partial charge in [-0.1, -0.05) is 24.3 Å². The zero-order valence-electron chi connectivity index (χ0n) is 18.5. The number of carbonyl (C=O) groups excluding carboxylic acids is 2. The molecule has 0 atom stereocenters. The molecule has 0 unspecified atom stereocenters. The van der Waals surface area contributed by atoms with Crippen molar-refractivity contribution in [1.29, 1.82) is 0 Å². The van der Waals surface area contributed by atoms with Gasteiger partial charge in [0.2, 0.25) is 5.88 Å². The van der Waals surface area contributed by atoms with Crippen LogP contribution in [0.2, 0.25) is 0 Å². The zero-order valence-corrected chi connectivity index (χ0v) is 19.3. The number of rotatable bonds is 9. The fourth-order valence-corrected chi connectivity index (χ4v) is 3.99. The molecule has 2 aromatic carbocycles. The van der Waals surface area contributed by atoms with E-state index in [-0.39, 0.29) is 35.9 Å². The van der Waals surface area contributed by atoms with Gasteiger partial charge in [0.1, 0.15) is 18.6 Å². The predicted octanol–water partition coefficient (Wildman–Crippen LogP) is 4.91. The molecule has 3 aromatic rings. The molecule has 35 heavy (non-hydrogen) atoms. The first-order chi connectivity index (χ1) is 16.9. The minimum absolute atomic E-state index is 0.106. The number of ether oxygens (including phenoxy) is 3. The van der Waals surface area contributed by atoms with Crippen molar-refractivity contribution >= 4 is 34.7 Å². The maximum atomic E-state index is 12.7. The third-order valence-electron chi connectivity index (χ3n) is 4.85. The highest BCUT2D eigenvalue weighted by molar-refractivity contribution is 8.18. The van der Waals surface area contributed by atoms with Crippen LogP contribution in [0.5, 0.6) is 23.1 Å². The van der Waals surface area contributed by atoms with Crippen LogP contribution < -0.4 is 14.2 Å². The van der Waals surface area contributed by atoms with Gasteiger partial charge in [-0.3, -0.25) is 24.6 Å². The first-order valence-electron chi connectivity index (χ1n) is 10.3. The Labute approximate surface area is 204 Å². The Morgan fingerprint density at radius 3 is 2.46 bits per heavy atom. The number of para-hydroxylation sites is 2. The van der Waals surface area contributed by atoms with Crippen molar-refractivity contribution in [2.75, 3.05) is 20.3 Å². The van der Waals surface area contributed by atoms with Gasteiger partial charge in [-0.05, 0) is 47.7 Å². The molecule has 1 aromatic heterocycles. The van der Waals surface area contributed by atoms with Gasteiger partial charge in [0.25, 0.3) is 16.8 Å². The molecule has 0 saturated carbocycles. The molecule has 4 rings (SSSR count). The van der Waals surface area contributed by atoms with Gasteiger partial charge in [0.05, 0.1) is 23.5 Å². The summed E-state index contributed by atoms with van der Waals surface area (Å²) in [7, 11) is 1.54. The SMILES string of the molecule is COc1ccccc1OCCN1C(=O)S/C(=C\c2ccc(Oc3ccc([N+](=O)[O-])cn3)cc2)C1=O. The fourth-order valence-electron chi connectivity index (χ4n) is 3.12. The van der Waals surface area contributed by atoms with Gasteiger partial charge in [0, 0.05) is 12.1 Å². The highest BCUT2D eigenvalue weighted by atomic mass is 32.2. The molecule has 0 N–H and O–H groups in total. The quantitative estimate of drug-likeness (QED) is 0.233. The summed E-state index contributed by atoms with van der Waals surface area (Å²) in [4.78, 5) is 40.6. The number of benzene rings is 2. The van der Waals surface area contributed by atoms with E-state index in [0.29, 0.717) is 27.7 Å². The second-order valence-corrected chi connectivity index (χ2v) is 8.11. The lowest BCUT2D eigenvalue weighted by atomic mass is 10.2. The molecule has 1 aliphatic rings. The van der Waals surface area contributed by atoms with E-state index in [2.05, 4.69) is 4.98 Å². The predicted molar refractivity (Wildman–Crippen MR) is 129 cm³/mol. The molecule has 1 fully saturated rings. The number of hydrogen-bond acceptors (Lipinski definition) is 9. The normalized spacial score (nSPS) is 14.3. The van der Waals surface area contributed by atoms with Crippen molar-refractivity contribution in [1.82, 2.24) is 9.88 Å². The topological polar surface area (TPSA) is 121 Å². The summed E-state index contributed by atoms with van der Waals surface area (Å²) in [5.74, 6) is 1.38. The van der Waals surface area contributed by atoms with E-state index < -0.39 is 4.92 Å². The van der Waals surface area contributed by atoms with Gasteiger partial charge in [-0.25, -0.2) is 4.98 Å². The van der Waals surface area contributed by atoms with Crippen LogP contribution >= 0.6 is 11.8 Å². The summed E-state index contributed by atoms with van der Waals surface area (Å²) in [6, 6.07) is 16.6. The second kappa shape index (κ2) is 10.7. The van der Waals surface area contributed by atoms with Crippen LogP contribution in [0.3, 0.4) is 0 Å². The van der Waals surface area contributed by atoms with Gasteiger partial charge in [-0.15, -0.1) is 0 Å². The van der Waals surface area contributed by atoms with Crippen LogP contribution in [0.25, 0.3) is 6.08 Å². The maximum Gasteiger partial charge on any atom is 0.293 e. The molecule has 1 aliphatic heterocycles. The number of aromatic nitrogens is 1. The summed E-state index contributed by atoms with van der Waals surface area (Å²) in [6.45, 7) is 0.240. The van der Waals surface area contributed by atoms with E-state index >= 15 is 0 Å². The number of pyridine rings is 1. The van der Waals surface area contributed by atoms with Crippen LogP contribution in [0.4, 0.5) is 10.5 Å². The third kappa shape index (κ3) is 5.76. The summed E-state index contributed by atoms with van der Waals surface area (Å²) >= 11 is 0.863. The van der Waals surface area contributed by atoms with Crippen molar-refractivity contribution in [3.63, 3.8) is 0 Å². The number of nitro groups is 1. The molecular formula is C24H19N3O7S. The Kier molecular flexibility index (Phi) is 7.27. The van der Waals surface area contributed by atoms with Crippen molar-refractivity contribution in [2.24, 2.45) is 0 Å². The van der Waals surface area contributed by atoms with E-state index in [1.54, 1.807) is 48.5 Å². The van der Waals surface area contributed by atoms with Crippen LogP contribution in [0.1, 0.15) is 5.56 Å². The highest BCUT2D eigenvalue weighted by Gasteiger charge is 2.34. The third-order valence-corrected chi connectivity index (χ3v) is 5.75. The first-order valence-corrected chi connectivity index (χ1v) is 11.2. The van der Waals surface area contributed by atoms with Gasteiger partial charge in [0.15, 0.2) is 11.5 Å². The van der Waals surface area contributed by atoms with Gasteiger partial charge < -0.3 is 14.2 Å². The van der Waals surface area contributed by atoms with Crippen molar-refractivity contribution in [2.45, 2.75) is 0 Å². The van der Waals surface area contributed by atoms with Crippen LogP contribution in [-0.4, -0.2) is 46.2 Å². The molecular weight excluding hydrogens is 474 g/mol. The van der Waals surface area contributed by atoms with Gasteiger partial charge in [-0.2, -0.15) is 0 Å². The molecule has 0 spiro atoms. The number of hydrogen-bond donors (Lipinski definition) is 0. The summed E-state index contributed by atoms with van der Waals surface area (Å²) in [6.07, 6.45) is 2.74. The van der Waals surface area contributed by atoms with E-state index in [1.807, 2.05) is 6.07 Å². The molecule has 0 aliphatic carbocycles. The molecule has 0 radical (unpaired) electrons. The molecule has 2 heterocycles. The lowest BCUT2D eigenvalue weighted by Crippen LogP contribution is -2.32. The molecule has 11 heteroatoms. The standard InChI is InChI=1S/C24H19N3O7S/c1-32-19-4-2-3-5-20(19)33-13-12-26-23(28)21(35-24(26)29)14-16-6-9-18(10-7-16)34-22-11-8-17(15-25-22)27(30)31/h2-11,14-15H,12-13H2,1H3/b21-14-. The first kappa shape index (κ1) is 23.8. The Morgan fingerprint density at radius 2 is 1.80 bits per heavy atom. The van der Waals surface area contributed by atoms with E-state index in [9.17, 15) is 19.7 Å². The van der Waals surface area contributed by atoms with E-state index in [4.69, 9.17) is 14.2 Å². The number of amides is 2. The molecule has 1 saturated heterocycles. The Bertz CT molecular complexity index is 1280. The number of carbonyl (C=O) groups is 2. The van der Waals surface area contributed by atoms with Crippen LogP contribution in [0.15, 0.2) is 71.8 Å². The maximum absolute atomic E-state index is 12.7. The molecule has 10 nitrogen and oxygen atoms in total. The van der Waals surface area contributed by atoms with Gasteiger partial charge >= 0.3 is 0 Å². The number of imide groups is 1. The minimum Gasteiger partial charge on any atom is -0.493 e. The number of nitrogens with zero attached hydrogens (tertiary/aromatic N) is 3. The smallest absolute Gasteiger partial charge is 0.293 e. The van der Waals surface area contributed by atoms with E-state index in [0.717, 1.165) is 22.9 Å². The van der Waals surface area contributed by atoms with E-state index in [1.165, 1.54) is 19.2 Å². The molecule has 0 bridgehead atoms.